The van der Waals surface area contributed by atoms with Crippen LogP contribution in [0.15, 0.2) is 0 Å². The SMILES string of the molecule is CCNC1(CC(=O)O)CCN2CCCC2C1. The molecular weight excluding hydrogens is 204 g/mol. The van der Waals surface area contributed by atoms with Crippen molar-refractivity contribution in [3.05, 3.63) is 0 Å². The molecular formula is C12H22N2O2. The first kappa shape index (κ1) is 11.9. The van der Waals surface area contributed by atoms with Gasteiger partial charge in [0.1, 0.15) is 0 Å². The summed E-state index contributed by atoms with van der Waals surface area (Å²) in [6.07, 6.45) is 4.77. The number of aliphatic carboxylic acids is 1. The number of nitrogens with one attached hydrogen (secondary N) is 1. The second-order valence-electron chi connectivity index (χ2n) is 5.17. The van der Waals surface area contributed by atoms with E-state index in [0.29, 0.717) is 6.04 Å². The maximum absolute atomic E-state index is 11.0. The van der Waals surface area contributed by atoms with Crippen LogP contribution in [0.3, 0.4) is 0 Å². The summed E-state index contributed by atoms with van der Waals surface area (Å²) in [6, 6.07) is 0.618. The van der Waals surface area contributed by atoms with E-state index in [1.165, 1.54) is 19.4 Å². The van der Waals surface area contributed by atoms with Gasteiger partial charge < -0.3 is 15.3 Å². The van der Waals surface area contributed by atoms with Gasteiger partial charge in [-0.15, -0.1) is 0 Å². The minimum Gasteiger partial charge on any atom is -0.481 e. The third-order valence-electron chi connectivity index (χ3n) is 4.04. The highest BCUT2D eigenvalue weighted by Crippen LogP contribution is 2.34. The average molecular weight is 226 g/mol. The first-order valence-electron chi connectivity index (χ1n) is 6.36. The van der Waals surface area contributed by atoms with Crippen molar-refractivity contribution in [1.82, 2.24) is 10.2 Å². The molecule has 16 heavy (non-hydrogen) atoms. The molecule has 92 valence electrons. The Hall–Kier alpha value is -0.610. The number of nitrogens with zero attached hydrogens (tertiary/aromatic N) is 1. The van der Waals surface area contributed by atoms with Crippen molar-refractivity contribution < 1.29 is 9.90 Å². The van der Waals surface area contributed by atoms with Gasteiger partial charge >= 0.3 is 5.97 Å². The number of rotatable bonds is 4. The molecule has 2 aliphatic heterocycles. The normalized spacial score (nSPS) is 34.9. The summed E-state index contributed by atoms with van der Waals surface area (Å²) >= 11 is 0. The first-order chi connectivity index (χ1) is 7.65. The second-order valence-corrected chi connectivity index (χ2v) is 5.17. The van der Waals surface area contributed by atoms with E-state index < -0.39 is 5.97 Å². The molecule has 0 saturated carbocycles. The van der Waals surface area contributed by atoms with Crippen LogP contribution < -0.4 is 5.32 Å². The van der Waals surface area contributed by atoms with Gasteiger partial charge in [-0.3, -0.25) is 4.79 Å². The standard InChI is InChI=1S/C12H22N2O2/c1-2-13-12(9-11(15)16)5-7-14-6-3-4-10(14)8-12/h10,13H,2-9H2,1H3,(H,15,16). The molecule has 0 aromatic heterocycles. The monoisotopic (exact) mass is 226 g/mol. The van der Waals surface area contributed by atoms with Crippen molar-refractivity contribution >= 4 is 5.97 Å². The van der Waals surface area contributed by atoms with Gasteiger partial charge in [-0.2, -0.15) is 0 Å². The van der Waals surface area contributed by atoms with Gasteiger partial charge in [0.15, 0.2) is 0 Å². The van der Waals surface area contributed by atoms with Gasteiger partial charge in [-0.1, -0.05) is 6.92 Å². The van der Waals surface area contributed by atoms with Gasteiger partial charge in [-0.05, 0) is 38.8 Å². The highest BCUT2D eigenvalue weighted by molar-refractivity contribution is 5.68. The highest BCUT2D eigenvalue weighted by atomic mass is 16.4. The predicted molar refractivity (Wildman–Crippen MR) is 62.5 cm³/mol. The van der Waals surface area contributed by atoms with Crippen molar-refractivity contribution in [1.29, 1.82) is 0 Å². The maximum Gasteiger partial charge on any atom is 0.305 e. The van der Waals surface area contributed by atoms with E-state index in [-0.39, 0.29) is 12.0 Å². The zero-order valence-electron chi connectivity index (χ0n) is 10.0. The van der Waals surface area contributed by atoms with Crippen LogP contribution in [-0.4, -0.2) is 47.2 Å². The summed E-state index contributed by atoms with van der Waals surface area (Å²) in [5, 5.41) is 12.5. The molecule has 2 atom stereocenters. The summed E-state index contributed by atoms with van der Waals surface area (Å²) < 4.78 is 0. The molecule has 2 heterocycles. The van der Waals surface area contributed by atoms with Crippen LogP contribution in [0, 0.1) is 0 Å². The lowest BCUT2D eigenvalue weighted by molar-refractivity contribution is -0.139. The minimum atomic E-state index is -0.674. The number of piperidine rings is 1. The number of fused-ring (bicyclic) bond motifs is 1. The third-order valence-corrected chi connectivity index (χ3v) is 4.04. The molecule has 2 rings (SSSR count). The van der Waals surface area contributed by atoms with Gasteiger partial charge in [0, 0.05) is 18.1 Å². The largest absolute Gasteiger partial charge is 0.481 e. The molecule has 2 unspecified atom stereocenters. The molecule has 4 heteroatoms. The van der Waals surface area contributed by atoms with E-state index in [1.807, 2.05) is 0 Å². The zero-order chi connectivity index (χ0) is 11.6. The molecule has 2 fully saturated rings. The number of carboxylic acid groups (broad SMARTS) is 1. The fourth-order valence-electron chi connectivity index (χ4n) is 3.38. The van der Waals surface area contributed by atoms with Crippen LogP contribution in [-0.2, 0) is 4.79 Å². The van der Waals surface area contributed by atoms with Crippen molar-refractivity contribution in [3.63, 3.8) is 0 Å². The Morgan fingerprint density at radius 1 is 1.56 bits per heavy atom. The topological polar surface area (TPSA) is 52.6 Å². The minimum absolute atomic E-state index is 0.147. The second kappa shape index (κ2) is 4.72. The molecule has 2 aliphatic rings. The van der Waals surface area contributed by atoms with Gasteiger partial charge in [0.25, 0.3) is 0 Å². The zero-order valence-corrected chi connectivity index (χ0v) is 10.0. The Labute approximate surface area is 97.0 Å². The first-order valence-corrected chi connectivity index (χ1v) is 6.36. The number of carboxylic acids is 1. The molecule has 4 nitrogen and oxygen atoms in total. The van der Waals surface area contributed by atoms with E-state index in [2.05, 4.69) is 17.1 Å². The smallest absolute Gasteiger partial charge is 0.305 e. The lowest BCUT2D eigenvalue weighted by atomic mass is 9.80. The highest BCUT2D eigenvalue weighted by Gasteiger charge is 2.42. The fraction of sp³-hybridized carbons (Fsp3) is 0.917. The van der Waals surface area contributed by atoms with Gasteiger partial charge in [0.2, 0.25) is 0 Å². The number of hydrogen-bond donors (Lipinski definition) is 2. The molecule has 0 aromatic carbocycles. The quantitative estimate of drug-likeness (QED) is 0.753. The molecule has 0 amide bonds. The Balaban J connectivity index is 2.04. The molecule has 0 aliphatic carbocycles. The molecule has 2 saturated heterocycles. The lowest BCUT2D eigenvalue weighted by Gasteiger charge is -2.44. The van der Waals surface area contributed by atoms with E-state index >= 15 is 0 Å². The van der Waals surface area contributed by atoms with Crippen LogP contribution in [0.4, 0.5) is 0 Å². The molecule has 0 aromatic rings. The summed E-state index contributed by atoms with van der Waals surface area (Å²) in [7, 11) is 0. The number of carbonyl (C=O) groups is 1. The van der Waals surface area contributed by atoms with Crippen LogP contribution in [0.25, 0.3) is 0 Å². The maximum atomic E-state index is 11.0. The molecule has 2 N–H and O–H groups in total. The van der Waals surface area contributed by atoms with Gasteiger partial charge in [-0.25, -0.2) is 0 Å². The van der Waals surface area contributed by atoms with Crippen LogP contribution >= 0.6 is 0 Å². The van der Waals surface area contributed by atoms with Crippen molar-refractivity contribution in [2.45, 2.75) is 50.6 Å². The Kier molecular flexibility index (Phi) is 3.50. The molecule has 0 radical (unpaired) electrons. The summed E-state index contributed by atoms with van der Waals surface area (Å²) in [4.78, 5) is 13.5. The van der Waals surface area contributed by atoms with Crippen molar-refractivity contribution in [2.75, 3.05) is 19.6 Å². The van der Waals surface area contributed by atoms with Crippen molar-refractivity contribution in [2.24, 2.45) is 0 Å². The Bertz CT molecular complexity index is 270. The summed E-state index contributed by atoms with van der Waals surface area (Å²) in [5.74, 6) is -0.674. The van der Waals surface area contributed by atoms with Crippen LogP contribution in [0.5, 0.6) is 0 Å². The fourth-order valence-corrected chi connectivity index (χ4v) is 3.38. The van der Waals surface area contributed by atoms with Crippen molar-refractivity contribution in [3.8, 4) is 0 Å². The van der Waals surface area contributed by atoms with Crippen LogP contribution in [0.1, 0.15) is 39.0 Å². The van der Waals surface area contributed by atoms with E-state index in [1.54, 1.807) is 0 Å². The Morgan fingerprint density at radius 3 is 3.06 bits per heavy atom. The predicted octanol–water partition coefficient (Wildman–Crippen LogP) is 1.07. The number of hydrogen-bond acceptors (Lipinski definition) is 3. The Morgan fingerprint density at radius 2 is 2.38 bits per heavy atom. The average Bonchev–Trinajstić information content (AvgIpc) is 2.63. The van der Waals surface area contributed by atoms with E-state index in [9.17, 15) is 4.79 Å². The molecule has 0 spiro atoms. The third kappa shape index (κ3) is 2.38. The van der Waals surface area contributed by atoms with Gasteiger partial charge in [0.05, 0.1) is 6.42 Å². The van der Waals surface area contributed by atoms with E-state index in [0.717, 1.165) is 25.9 Å². The summed E-state index contributed by atoms with van der Waals surface area (Å²) in [5.41, 5.74) is -0.147. The summed E-state index contributed by atoms with van der Waals surface area (Å²) in [6.45, 7) is 5.19. The van der Waals surface area contributed by atoms with E-state index in [4.69, 9.17) is 5.11 Å². The molecule has 0 bridgehead atoms. The van der Waals surface area contributed by atoms with Crippen LogP contribution in [0.2, 0.25) is 0 Å². The lowest BCUT2D eigenvalue weighted by Crippen LogP contribution is -2.56.